The van der Waals surface area contributed by atoms with Crippen molar-refractivity contribution in [1.82, 2.24) is 5.06 Å². The van der Waals surface area contributed by atoms with Crippen LogP contribution in [0.15, 0.2) is 0 Å². The van der Waals surface area contributed by atoms with Crippen LogP contribution in [0.2, 0.25) is 5.31 Å². The summed E-state index contributed by atoms with van der Waals surface area (Å²) in [6, 6.07) is 0. The molecule has 16 heavy (non-hydrogen) atoms. The molecular formula is C9H14BNO5. The van der Waals surface area contributed by atoms with Crippen LogP contribution in [0.25, 0.3) is 0 Å². The molecule has 1 aliphatic heterocycles. The number of imide groups is 1. The fourth-order valence-corrected chi connectivity index (χ4v) is 1.25. The Balaban J connectivity index is 2.63. The summed E-state index contributed by atoms with van der Waals surface area (Å²) in [7, 11) is 1.58. The topological polar surface area (TPSA) is 83.9 Å². The molecule has 1 aliphatic rings. The van der Waals surface area contributed by atoms with Crippen LogP contribution < -0.4 is 0 Å². The molecule has 0 aromatic heterocycles. The first-order valence-electron chi connectivity index (χ1n) is 5.07. The fourth-order valence-electron chi connectivity index (χ4n) is 1.25. The van der Waals surface area contributed by atoms with Crippen molar-refractivity contribution in [3.05, 3.63) is 0 Å². The van der Waals surface area contributed by atoms with Gasteiger partial charge in [0.05, 0.1) is 0 Å². The molecule has 0 aromatic carbocycles. The Kier molecular flexibility index (Phi) is 3.69. The molecule has 0 bridgehead atoms. The van der Waals surface area contributed by atoms with Crippen molar-refractivity contribution < 1.29 is 24.3 Å². The molecule has 7 heteroatoms. The lowest BCUT2D eigenvalue weighted by Crippen LogP contribution is -2.36. The Bertz CT molecular complexity index is 312. The van der Waals surface area contributed by atoms with Crippen LogP contribution in [0.1, 0.15) is 26.2 Å². The predicted molar refractivity (Wildman–Crippen MR) is 55.8 cm³/mol. The van der Waals surface area contributed by atoms with E-state index in [1.807, 2.05) is 0 Å². The smallest absolute Gasteiger partial charge is 0.331 e. The van der Waals surface area contributed by atoms with Gasteiger partial charge in [-0.2, -0.15) is 0 Å². The van der Waals surface area contributed by atoms with E-state index in [-0.39, 0.29) is 25.9 Å². The minimum atomic E-state index is -0.919. The van der Waals surface area contributed by atoms with E-state index in [0.717, 1.165) is 0 Å². The van der Waals surface area contributed by atoms with Crippen LogP contribution in [-0.2, 0) is 19.2 Å². The second kappa shape index (κ2) is 4.65. The van der Waals surface area contributed by atoms with Crippen molar-refractivity contribution >= 4 is 25.6 Å². The first kappa shape index (κ1) is 12.7. The van der Waals surface area contributed by atoms with Crippen molar-refractivity contribution in [1.29, 1.82) is 0 Å². The van der Waals surface area contributed by atoms with Crippen LogP contribution in [0.4, 0.5) is 0 Å². The average Bonchev–Trinajstić information content (AvgIpc) is 2.49. The third-order valence-electron chi connectivity index (χ3n) is 2.47. The molecule has 1 saturated heterocycles. The molecule has 0 aromatic rings. The minimum Gasteiger partial charge on any atom is -0.396 e. The standard InChI is InChI=1S/C9H14BNO5/c1-9(10,4-5-12)8(15)16-11-6(13)2-3-7(11)14/h12H,2-5,10H2,1H3. The lowest BCUT2D eigenvalue weighted by atomic mass is 9.68. The second-order valence-electron chi connectivity index (χ2n) is 4.32. The molecule has 0 radical (unpaired) electrons. The lowest BCUT2D eigenvalue weighted by molar-refractivity contribution is -0.199. The zero-order chi connectivity index (χ0) is 12.3. The SMILES string of the molecule is BC(C)(CCO)C(=O)ON1C(=O)CCC1=O. The quantitative estimate of drug-likeness (QED) is 0.481. The van der Waals surface area contributed by atoms with E-state index in [4.69, 9.17) is 9.94 Å². The molecule has 1 fully saturated rings. The first-order chi connectivity index (χ1) is 7.38. The maximum absolute atomic E-state index is 11.6. The normalized spacial score (nSPS) is 19.8. The second-order valence-corrected chi connectivity index (χ2v) is 4.32. The zero-order valence-electron chi connectivity index (χ0n) is 9.36. The maximum Gasteiger partial charge on any atom is 0.331 e. The molecule has 0 saturated carbocycles. The fraction of sp³-hybridized carbons (Fsp3) is 0.667. The summed E-state index contributed by atoms with van der Waals surface area (Å²) in [5, 5.41) is 8.36. The van der Waals surface area contributed by atoms with E-state index in [0.29, 0.717) is 5.06 Å². The number of carbonyl (C=O) groups is 3. The molecule has 2 amide bonds. The number of rotatable bonds is 4. The van der Waals surface area contributed by atoms with Gasteiger partial charge in [0.1, 0.15) is 7.85 Å². The molecule has 88 valence electrons. The van der Waals surface area contributed by atoms with Crippen molar-refractivity contribution in [2.45, 2.75) is 31.5 Å². The predicted octanol–water partition coefficient (Wildman–Crippen LogP) is -1.21. The van der Waals surface area contributed by atoms with E-state index in [2.05, 4.69) is 0 Å². The van der Waals surface area contributed by atoms with Gasteiger partial charge in [-0.3, -0.25) is 9.59 Å². The third-order valence-corrected chi connectivity index (χ3v) is 2.47. The molecule has 6 nitrogen and oxygen atoms in total. The van der Waals surface area contributed by atoms with Gasteiger partial charge in [-0.25, -0.2) is 4.79 Å². The largest absolute Gasteiger partial charge is 0.396 e. The highest BCUT2D eigenvalue weighted by Gasteiger charge is 2.37. The lowest BCUT2D eigenvalue weighted by Gasteiger charge is -2.23. The summed E-state index contributed by atoms with van der Waals surface area (Å²) in [6.45, 7) is 1.42. The van der Waals surface area contributed by atoms with Gasteiger partial charge in [0, 0.05) is 24.8 Å². The van der Waals surface area contributed by atoms with E-state index >= 15 is 0 Å². The third kappa shape index (κ3) is 2.60. The summed E-state index contributed by atoms with van der Waals surface area (Å²) in [5.74, 6) is -1.69. The molecule has 0 aliphatic carbocycles. The average molecular weight is 227 g/mol. The highest BCUT2D eigenvalue weighted by Crippen LogP contribution is 2.28. The van der Waals surface area contributed by atoms with E-state index in [1.165, 1.54) is 0 Å². The molecule has 1 N–H and O–H groups in total. The Morgan fingerprint density at radius 1 is 1.50 bits per heavy atom. The Hall–Kier alpha value is -1.37. The monoisotopic (exact) mass is 227 g/mol. The molecule has 1 unspecified atom stereocenters. The van der Waals surface area contributed by atoms with Gasteiger partial charge in [0.15, 0.2) is 0 Å². The van der Waals surface area contributed by atoms with Gasteiger partial charge in [-0.1, -0.05) is 6.92 Å². The van der Waals surface area contributed by atoms with Crippen LogP contribution in [0.3, 0.4) is 0 Å². The maximum atomic E-state index is 11.6. The zero-order valence-corrected chi connectivity index (χ0v) is 9.36. The summed E-state index contributed by atoms with van der Waals surface area (Å²) in [5.41, 5.74) is 0. The summed E-state index contributed by atoms with van der Waals surface area (Å²) in [4.78, 5) is 38.7. The minimum absolute atomic E-state index is 0.0759. The molecule has 1 atom stereocenters. The summed E-state index contributed by atoms with van der Waals surface area (Å²) < 4.78 is 0. The molecule has 1 heterocycles. The first-order valence-corrected chi connectivity index (χ1v) is 5.07. The molecule has 0 spiro atoms. The number of aliphatic hydroxyl groups is 1. The van der Waals surface area contributed by atoms with Gasteiger partial charge >= 0.3 is 5.97 Å². The number of hydroxylamine groups is 2. The number of nitrogens with zero attached hydrogens (tertiary/aromatic N) is 1. The van der Waals surface area contributed by atoms with Crippen LogP contribution >= 0.6 is 0 Å². The van der Waals surface area contributed by atoms with Gasteiger partial charge in [0.25, 0.3) is 11.8 Å². The van der Waals surface area contributed by atoms with Crippen molar-refractivity contribution in [3.8, 4) is 0 Å². The number of amides is 2. The number of hydrogen-bond donors (Lipinski definition) is 1. The summed E-state index contributed by atoms with van der Waals surface area (Å²) >= 11 is 0. The van der Waals surface area contributed by atoms with E-state index in [9.17, 15) is 14.4 Å². The van der Waals surface area contributed by atoms with Gasteiger partial charge in [-0.15, -0.1) is 5.06 Å². The van der Waals surface area contributed by atoms with Crippen molar-refractivity contribution in [2.24, 2.45) is 0 Å². The van der Waals surface area contributed by atoms with Crippen LogP contribution in [0.5, 0.6) is 0 Å². The number of aliphatic hydroxyl groups excluding tert-OH is 1. The Morgan fingerprint density at radius 2 is 2.00 bits per heavy atom. The highest BCUT2D eigenvalue weighted by molar-refractivity contribution is 6.26. The Labute approximate surface area is 93.9 Å². The van der Waals surface area contributed by atoms with Gasteiger partial charge in [0.2, 0.25) is 0 Å². The number of hydrogen-bond acceptors (Lipinski definition) is 5. The van der Waals surface area contributed by atoms with Crippen LogP contribution in [-0.4, -0.2) is 42.4 Å². The molecular weight excluding hydrogens is 213 g/mol. The van der Waals surface area contributed by atoms with Crippen molar-refractivity contribution in [2.75, 3.05) is 6.61 Å². The van der Waals surface area contributed by atoms with Crippen molar-refractivity contribution in [3.63, 3.8) is 0 Å². The molecule has 1 rings (SSSR count). The summed E-state index contributed by atoms with van der Waals surface area (Å²) in [6.07, 6.45) is 0.362. The van der Waals surface area contributed by atoms with E-state index in [1.54, 1.807) is 14.8 Å². The van der Waals surface area contributed by atoms with E-state index < -0.39 is 23.1 Å². The van der Waals surface area contributed by atoms with Crippen LogP contribution in [0, 0.1) is 0 Å². The highest BCUT2D eigenvalue weighted by atomic mass is 16.7. The Morgan fingerprint density at radius 3 is 2.44 bits per heavy atom. The van der Waals surface area contributed by atoms with Gasteiger partial charge < -0.3 is 9.94 Å². The van der Waals surface area contributed by atoms with Gasteiger partial charge in [-0.05, 0) is 6.42 Å². The number of carbonyl (C=O) groups excluding carboxylic acids is 3.